The molecule has 0 bridgehead atoms. The first-order valence-electron chi connectivity index (χ1n) is 5.59. The highest BCUT2D eigenvalue weighted by Crippen LogP contribution is 2.43. The standard InChI is InChI=1S/C11H17N3O2S/c1-13-10(15)9-7(12)8(16-2)11(17-9)14-5-6-3-4-6/h6,14H,3-5,12H2,1-2H3,(H,13,15). The lowest BCUT2D eigenvalue weighted by atomic mass is 10.3. The molecule has 94 valence electrons. The number of rotatable bonds is 5. The molecule has 1 aliphatic carbocycles. The summed E-state index contributed by atoms with van der Waals surface area (Å²) in [6, 6.07) is 0. The van der Waals surface area contributed by atoms with Gasteiger partial charge >= 0.3 is 0 Å². The van der Waals surface area contributed by atoms with Crippen LogP contribution in [-0.2, 0) is 0 Å². The molecule has 0 atom stereocenters. The van der Waals surface area contributed by atoms with Crippen molar-refractivity contribution in [3.63, 3.8) is 0 Å². The Bertz CT molecular complexity index is 427. The molecule has 0 spiro atoms. The van der Waals surface area contributed by atoms with Gasteiger partial charge in [0.25, 0.3) is 5.91 Å². The van der Waals surface area contributed by atoms with Gasteiger partial charge in [0.1, 0.15) is 15.6 Å². The van der Waals surface area contributed by atoms with Crippen molar-refractivity contribution in [2.24, 2.45) is 5.92 Å². The SMILES string of the molecule is CNC(=O)c1sc(NCC2CC2)c(OC)c1N. The van der Waals surface area contributed by atoms with Gasteiger partial charge in [-0.1, -0.05) is 0 Å². The van der Waals surface area contributed by atoms with Gasteiger partial charge in [-0.2, -0.15) is 0 Å². The van der Waals surface area contributed by atoms with Crippen LogP contribution in [-0.4, -0.2) is 26.6 Å². The molecule has 1 aromatic rings. The zero-order valence-corrected chi connectivity index (χ0v) is 10.8. The van der Waals surface area contributed by atoms with Crippen LogP contribution in [0.25, 0.3) is 0 Å². The van der Waals surface area contributed by atoms with Gasteiger partial charge in [-0.15, -0.1) is 11.3 Å². The van der Waals surface area contributed by atoms with E-state index in [1.54, 1.807) is 14.2 Å². The van der Waals surface area contributed by atoms with Crippen LogP contribution >= 0.6 is 11.3 Å². The number of carbonyl (C=O) groups excluding carboxylic acids is 1. The highest BCUT2D eigenvalue weighted by molar-refractivity contribution is 7.19. The van der Waals surface area contributed by atoms with E-state index in [0.29, 0.717) is 16.3 Å². The summed E-state index contributed by atoms with van der Waals surface area (Å²) < 4.78 is 5.25. The molecular weight excluding hydrogens is 238 g/mol. The summed E-state index contributed by atoms with van der Waals surface area (Å²) in [5.41, 5.74) is 6.31. The highest BCUT2D eigenvalue weighted by atomic mass is 32.1. The van der Waals surface area contributed by atoms with E-state index in [1.165, 1.54) is 24.2 Å². The van der Waals surface area contributed by atoms with E-state index >= 15 is 0 Å². The molecule has 0 aromatic carbocycles. The van der Waals surface area contributed by atoms with Crippen molar-refractivity contribution in [3.8, 4) is 5.75 Å². The lowest BCUT2D eigenvalue weighted by Crippen LogP contribution is -2.17. The lowest BCUT2D eigenvalue weighted by molar-refractivity contribution is 0.0967. The van der Waals surface area contributed by atoms with Crippen LogP contribution in [0.2, 0.25) is 0 Å². The Morgan fingerprint density at radius 1 is 1.59 bits per heavy atom. The second kappa shape index (κ2) is 4.83. The number of nitrogens with two attached hydrogens (primary N) is 1. The third-order valence-electron chi connectivity index (χ3n) is 2.79. The highest BCUT2D eigenvalue weighted by Gasteiger charge is 2.24. The van der Waals surface area contributed by atoms with E-state index in [9.17, 15) is 4.79 Å². The second-order valence-corrected chi connectivity index (χ2v) is 5.13. The van der Waals surface area contributed by atoms with E-state index in [4.69, 9.17) is 10.5 Å². The Kier molecular flexibility index (Phi) is 3.42. The van der Waals surface area contributed by atoms with E-state index in [2.05, 4.69) is 10.6 Å². The van der Waals surface area contributed by atoms with Crippen molar-refractivity contribution in [1.29, 1.82) is 0 Å². The number of nitrogens with one attached hydrogen (secondary N) is 2. The van der Waals surface area contributed by atoms with E-state index < -0.39 is 0 Å². The van der Waals surface area contributed by atoms with Gasteiger partial charge in [-0.3, -0.25) is 4.79 Å². The molecule has 1 saturated carbocycles. The Balaban J connectivity index is 2.20. The van der Waals surface area contributed by atoms with Crippen molar-refractivity contribution in [3.05, 3.63) is 4.88 Å². The van der Waals surface area contributed by atoms with Crippen LogP contribution in [0.1, 0.15) is 22.5 Å². The Hall–Kier alpha value is -1.43. The lowest BCUT2D eigenvalue weighted by Gasteiger charge is -2.05. The minimum atomic E-state index is -0.176. The number of amides is 1. The zero-order valence-electron chi connectivity index (χ0n) is 10.0. The molecule has 4 N–H and O–H groups in total. The molecular formula is C11H17N3O2S. The Morgan fingerprint density at radius 2 is 2.29 bits per heavy atom. The van der Waals surface area contributed by atoms with Crippen molar-refractivity contribution in [2.45, 2.75) is 12.8 Å². The second-order valence-electron chi connectivity index (χ2n) is 4.11. The van der Waals surface area contributed by atoms with Gasteiger partial charge < -0.3 is 21.1 Å². The van der Waals surface area contributed by atoms with Gasteiger partial charge in [0.2, 0.25) is 0 Å². The average molecular weight is 255 g/mol. The van der Waals surface area contributed by atoms with Crippen LogP contribution in [0.3, 0.4) is 0 Å². The number of hydrogen-bond acceptors (Lipinski definition) is 5. The smallest absolute Gasteiger partial charge is 0.263 e. The first-order valence-corrected chi connectivity index (χ1v) is 6.41. The van der Waals surface area contributed by atoms with E-state index in [-0.39, 0.29) is 5.91 Å². The monoisotopic (exact) mass is 255 g/mol. The van der Waals surface area contributed by atoms with Crippen LogP contribution in [0.4, 0.5) is 10.7 Å². The van der Waals surface area contributed by atoms with Crippen LogP contribution in [0, 0.1) is 5.92 Å². The largest absolute Gasteiger partial charge is 0.492 e. The summed E-state index contributed by atoms with van der Waals surface area (Å²) in [6.45, 7) is 0.920. The summed E-state index contributed by atoms with van der Waals surface area (Å²) >= 11 is 1.34. The zero-order chi connectivity index (χ0) is 12.4. The molecule has 1 aliphatic rings. The maximum absolute atomic E-state index is 11.6. The number of ether oxygens (including phenoxy) is 1. The minimum absolute atomic E-state index is 0.176. The fourth-order valence-electron chi connectivity index (χ4n) is 1.59. The molecule has 1 amide bonds. The van der Waals surface area contributed by atoms with Crippen LogP contribution in [0.15, 0.2) is 0 Å². The predicted octanol–water partition coefficient (Wildman–Crippen LogP) is 1.52. The average Bonchev–Trinajstić information content (AvgIpc) is 3.10. The topological polar surface area (TPSA) is 76.4 Å². The number of nitrogen functional groups attached to an aromatic ring is 1. The third kappa shape index (κ3) is 2.46. The fourth-order valence-corrected chi connectivity index (χ4v) is 2.63. The Morgan fingerprint density at radius 3 is 2.82 bits per heavy atom. The molecule has 0 aliphatic heterocycles. The molecule has 2 rings (SSSR count). The number of thiophene rings is 1. The molecule has 6 heteroatoms. The van der Waals surface area contributed by atoms with Gasteiger partial charge in [-0.25, -0.2) is 0 Å². The predicted molar refractivity (Wildman–Crippen MR) is 69.9 cm³/mol. The Labute approximate surface area is 104 Å². The van der Waals surface area contributed by atoms with Gasteiger partial charge in [0, 0.05) is 13.6 Å². The molecule has 1 heterocycles. The summed E-state index contributed by atoms with van der Waals surface area (Å²) in [4.78, 5) is 12.1. The van der Waals surface area contributed by atoms with Crippen molar-refractivity contribution in [1.82, 2.24) is 5.32 Å². The molecule has 5 nitrogen and oxygen atoms in total. The normalized spacial score (nSPS) is 14.5. The molecule has 1 fully saturated rings. The first-order chi connectivity index (χ1) is 8.17. The number of carbonyl (C=O) groups is 1. The van der Waals surface area contributed by atoms with Crippen LogP contribution < -0.4 is 21.1 Å². The quantitative estimate of drug-likeness (QED) is 0.745. The van der Waals surface area contributed by atoms with Gasteiger partial charge in [0.05, 0.1) is 7.11 Å². The maximum atomic E-state index is 11.6. The van der Waals surface area contributed by atoms with E-state index in [0.717, 1.165) is 17.5 Å². The van der Waals surface area contributed by atoms with Gasteiger partial charge in [0.15, 0.2) is 5.75 Å². The van der Waals surface area contributed by atoms with Crippen molar-refractivity contribution < 1.29 is 9.53 Å². The molecule has 17 heavy (non-hydrogen) atoms. The summed E-state index contributed by atoms with van der Waals surface area (Å²) in [6.07, 6.45) is 2.55. The third-order valence-corrected chi connectivity index (χ3v) is 3.93. The summed E-state index contributed by atoms with van der Waals surface area (Å²) in [7, 11) is 3.15. The summed E-state index contributed by atoms with van der Waals surface area (Å²) in [5, 5.41) is 6.71. The maximum Gasteiger partial charge on any atom is 0.263 e. The first kappa shape index (κ1) is 12.0. The number of methoxy groups -OCH3 is 1. The summed E-state index contributed by atoms with van der Waals surface area (Å²) in [5.74, 6) is 1.16. The van der Waals surface area contributed by atoms with Crippen LogP contribution in [0.5, 0.6) is 5.75 Å². The van der Waals surface area contributed by atoms with Gasteiger partial charge in [-0.05, 0) is 18.8 Å². The molecule has 0 radical (unpaired) electrons. The van der Waals surface area contributed by atoms with E-state index in [1.807, 2.05) is 0 Å². The van der Waals surface area contributed by atoms with Crippen molar-refractivity contribution >= 4 is 27.9 Å². The number of anilines is 2. The minimum Gasteiger partial charge on any atom is -0.492 e. The molecule has 0 unspecified atom stereocenters. The fraction of sp³-hybridized carbons (Fsp3) is 0.545. The number of hydrogen-bond donors (Lipinski definition) is 3. The van der Waals surface area contributed by atoms with Crippen molar-refractivity contribution in [2.75, 3.05) is 31.8 Å². The molecule has 0 saturated heterocycles. The molecule has 1 aromatic heterocycles.